The van der Waals surface area contributed by atoms with Crippen LogP contribution in [0.4, 0.5) is 0 Å². The van der Waals surface area contributed by atoms with Crippen molar-refractivity contribution in [2.24, 2.45) is 0 Å². The molecule has 1 aliphatic carbocycles. The third-order valence-corrected chi connectivity index (χ3v) is 5.56. The molecule has 0 aromatic heterocycles. The van der Waals surface area contributed by atoms with Gasteiger partial charge in [0.2, 0.25) is 0 Å². The topological polar surface area (TPSA) is 42.8 Å². The maximum absolute atomic E-state index is 12.5. The average molecular weight is 317 g/mol. The monoisotopic (exact) mass is 317 g/mol. The molecule has 126 valence electrons. The van der Waals surface area contributed by atoms with Crippen LogP contribution in [0.25, 0.3) is 0 Å². The fourth-order valence-corrected chi connectivity index (χ4v) is 4.09. The van der Waals surface area contributed by atoms with Crippen LogP contribution >= 0.6 is 0 Å². The summed E-state index contributed by atoms with van der Waals surface area (Å²) in [5.74, 6) is 0.0580. The lowest BCUT2D eigenvalue weighted by atomic mass is 9.79. The average Bonchev–Trinajstić information content (AvgIpc) is 2.62. The van der Waals surface area contributed by atoms with Crippen molar-refractivity contribution in [1.29, 1.82) is 0 Å². The number of rotatable bonds is 4. The Morgan fingerprint density at radius 3 is 2.43 bits per heavy atom. The minimum atomic E-state index is 0.0580. The Balaban J connectivity index is 1.66. The number of benzene rings is 1. The van der Waals surface area contributed by atoms with E-state index in [-0.39, 0.29) is 11.4 Å². The summed E-state index contributed by atoms with van der Waals surface area (Å²) in [7, 11) is 0. The van der Waals surface area contributed by atoms with Crippen molar-refractivity contribution in [2.45, 2.75) is 44.6 Å². The van der Waals surface area contributed by atoms with Crippen molar-refractivity contribution in [2.75, 3.05) is 32.8 Å². The van der Waals surface area contributed by atoms with Gasteiger partial charge in [0, 0.05) is 18.4 Å². The van der Waals surface area contributed by atoms with Crippen LogP contribution in [0, 0.1) is 6.92 Å². The first-order chi connectivity index (χ1) is 11.2. The molecule has 0 spiro atoms. The fourth-order valence-electron chi connectivity index (χ4n) is 4.09. The number of amides is 1. The zero-order chi connectivity index (χ0) is 16.1. The van der Waals surface area contributed by atoms with Gasteiger partial charge in [0.1, 0.15) is 18.6 Å². The van der Waals surface area contributed by atoms with Crippen molar-refractivity contribution in [3.05, 3.63) is 35.4 Å². The van der Waals surface area contributed by atoms with Gasteiger partial charge in [-0.1, -0.05) is 24.1 Å². The molecule has 1 aromatic carbocycles. The Bertz CT molecular complexity index is 515. The third-order valence-electron chi connectivity index (χ3n) is 5.56. The lowest BCUT2D eigenvalue weighted by Gasteiger charge is -2.45. The lowest BCUT2D eigenvalue weighted by molar-refractivity contribution is -0.960. The number of aryl methyl sites for hydroxylation is 1. The number of ether oxygens (including phenoxy) is 1. The molecule has 2 N–H and O–H groups in total. The normalized spacial score (nSPS) is 21.8. The molecule has 1 saturated heterocycles. The molecule has 4 nitrogen and oxygen atoms in total. The Morgan fingerprint density at radius 2 is 1.78 bits per heavy atom. The van der Waals surface area contributed by atoms with Gasteiger partial charge in [-0.2, -0.15) is 0 Å². The van der Waals surface area contributed by atoms with E-state index in [1.807, 2.05) is 31.2 Å². The second-order valence-corrected chi connectivity index (χ2v) is 7.11. The van der Waals surface area contributed by atoms with Gasteiger partial charge in [0.05, 0.1) is 19.8 Å². The molecule has 1 amide bonds. The maximum Gasteiger partial charge on any atom is 0.251 e. The highest BCUT2D eigenvalue weighted by Crippen LogP contribution is 2.25. The maximum atomic E-state index is 12.5. The Morgan fingerprint density at radius 1 is 1.13 bits per heavy atom. The summed E-state index contributed by atoms with van der Waals surface area (Å²) in [4.78, 5) is 14.1. The van der Waals surface area contributed by atoms with Crippen LogP contribution in [0.15, 0.2) is 24.3 Å². The van der Waals surface area contributed by atoms with Crippen LogP contribution in [-0.2, 0) is 4.74 Å². The number of carbonyl (C=O) groups is 1. The van der Waals surface area contributed by atoms with Crippen LogP contribution in [0.3, 0.4) is 0 Å². The van der Waals surface area contributed by atoms with Crippen molar-refractivity contribution < 1.29 is 14.4 Å². The van der Waals surface area contributed by atoms with E-state index in [2.05, 4.69) is 5.32 Å². The molecule has 0 unspecified atom stereocenters. The molecule has 2 aliphatic rings. The van der Waals surface area contributed by atoms with Crippen molar-refractivity contribution in [3.8, 4) is 0 Å². The molecule has 1 heterocycles. The summed E-state index contributed by atoms with van der Waals surface area (Å²) in [5, 5.41) is 3.23. The second kappa shape index (κ2) is 7.45. The number of morpholine rings is 1. The van der Waals surface area contributed by atoms with Crippen molar-refractivity contribution in [3.63, 3.8) is 0 Å². The van der Waals surface area contributed by atoms with Gasteiger partial charge in [0.25, 0.3) is 5.91 Å². The van der Waals surface area contributed by atoms with Crippen LogP contribution in [0.2, 0.25) is 0 Å². The minimum Gasteiger partial charge on any atom is -0.370 e. The standard InChI is InChI=1S/C19H28N2O2/c1-16-5-7-17(8-6-16)18(22)20-15-19(9-3-2-4-10-19)21-11-13-23-14-12-21/h5-8H,2-4,9-15H2,1H3,(H,20,22)/p+1. The van der Waals surface area contributed by atoms with Gasteiger partial charge in [-0.15, -0.1) is 0 Å². The smallest absolute Gasteiger partial charge is 0.251 e. The van der Waals surface area contributed by atoms with E-state index < -0.39 is 0 Å². The molecule has 1 aromatic rings. The molecule has 4 heteroatoms. The quantitative estimate of drug-likeness (QED) is 0.880. The van der Waals surface area contributed by atoms with Crippen LogP contribution < -0.4 is 10.2 Å². The predicted octanol–water partition coefficient (Wildman–Crippen LogP) is 1.34. The van der Waals surface area contributed by atoms with E-state index in [0.29, 0.717) is 0 Å². The van der Waals surface area contributed by atoms with Gasteiger partial charge in [-0.3, -0.25) is 4.79 Å². The van der Waals surface area contributed by atoms with Gasteiger partial charge < -0.3 is 15.0 Å². The van der Waals surface area contributed by atoms with Gasteiger partial charge in [-0.25, -0.2) is 0 Å². The molecule has 23 heavy (non-hydrogen) atoms. The number of nitrogens with one attached hydrogen (secondary N) is 2. The van der Waals surface area contributed by atoms with Crippen molar-refractivity contribution >= 4 is 5.91 Å². The summed E-state index contributed by atoms with van der Waals surface area (Å²) >= 11 is 0. The lowest BCUT2D eigenvalue weighted by Crippen LogP contribution is -3.23. The highest BCUT2D eigenvalue weighted by atomic mass is 16.5. The fraction of sp³-hybridized carbons (Fsp3) is 0.632. The van der Waals surface area contributed by atoms with Crippen LogP contribution in [0.5, 0.6) is 0 Å². The first-order valence-corrected chi connectivity index (χ1v) is 8.97. The number of carbonyl (C=O) groups excluding carboxylic acids is 1. The van der Waals surface area contributed by atoms with Gasteiger partial charge >= 0.3 is 0 Å². The molecular formula is C19H29N2O2+. The third kappa shape index (κ3) is 3.93. The van der Waals surface area contributed by atoms with E-state index >= 15 is 0 Å². The minimum absolute atomic E-state index is 0.0580. The molecule has 0 radical (unpaired) electrons. The SMILES string of the molecule is Cc1ccc(C(=O)NCC2([NH+]3CCOCC3)CCCCC2)cc1. The Labute approximate surface area is 139 Å². The number of quaternary nitrogens is 1. The molecule has 2 fully saturated rings. The number of hydrogen-bond donors (Lipinski definition) is 2. The summed E-state index contributed by atoms with van der Waals surface area (Å²) < 4.78 is 5.53. The van der Waals surface area contributed by atoms with Crippen LogP contribution in [-0.4, -0.2) is 44.3 Å². The summed E-state index contributed by atoms with van der Waals surface area (Å²) in [6.45, 7) is 6.67. The summed E-state index contributed by atoms with van der Waals surface area (Å²) in [5.41, 5.74) is 2.16. The summed E-state index contributed by atoms with van der Waals surface area (Å²) in [6, 6.07) is 7.83. The molecule has 1 aliphatic heterocycles. The predicted molar refractivity (Wildman–Crippen MR) is 90.8 cm³/mol. The summed E-state index contributed by atoms with van der Waals surface area (Å²) in [6.07, 6.45) is 6.33. The van der Waals surface area contributed by atoms with Gasteiger partial charge in [0.15, 0.2) is 0 Å². The molecule has 0 atom stereocenters. The van der Waals surface area contributed by atoms with Crippen LogP contribution in [0.1, 0.15) is 48.0 Å². The number of hydrogen-bond acceptors (Lipinski definition) is 2. The van der Waals surface area contributed by atoms with Gasteiger partial charge in [-0.05, 0) is 31.9 Å². The Hall–Kier alpha value is -1.39. The van der Waals surface area contributed by atoms with E-state index in [9.17, 15) is 4.79 Å². The van der Waals surface area contributed by atoms with E-state index in [1.54, 1.807) is 4.90 Å². The zero-order valence-corrected chi connectivity index (χ0v) is 14.2. The van der Waals surface area contributed by atoms with E-state index in [1.165, 1.54) is 37.7 Å². The molecule has 0 bridgehead atoms. The Kier molecular flexibility index (Phi) is 5.34. The van der Waals surface area contributed by atoms with E-state index in [0.717, 1.165) is 38.4 Å². The largest absolute Gasteiger partial charge is 0.370 e. The molecule has 1 saturated carbocycles. The zero-order valence-electron chi connectivity index (χ0n) is 14.2. The molecular weight excluding hydrogens is 288 g/mol. The molecule has 3 rings (SSSR count). The highest BCUT2D eigenvalue weighted by molar-refractivity contribution is 5.94. The first kappa shape index (κ1) is 16.5. The highest BCUT2D eigenvalue weighted by Gasteiger charge is 2.42. The van der Waals surface area contributed by atoms with E-state index in [4.69, 9.17) is 4.74 Å². The second-order valence-electron chi connectivity index (χ2n) is 7.11. The first-order valence-electron chi connectivity index (χ1n) is 8.97. The van der Waals surface area contributed by atoms with Crippen molar-refractivity contribution in [1.82, 2.24) is 5.32 Å².